The molecule has 3 aromatic rings. The molecule has 1 saturated heterocycles. The van der Waals surface area contributed by atoms with Gasteiger partial charge in [0.1, 0.15) is 5.82 Å². The number of pyridine rings is 1. The number of halogens is 1. The monoisotopic (exact) mass is 405 g/mol. The smallest absolute Gasteiger partial charge is 0.251 e. The van der Waals surface area contributed by atoms with E-state index >= 15 is 0 Å². The second-order valence-corrected chi connectivity index (χ2v) is 7.90. The summed E-state index contributed by atoms with van der Waals surface area (Å²) in [6.07, 6.45) is 2.78. The number of benzene rings is 2. The van der Waals surface area contributed by atoms with Crippen LogP contribution in [0.5, 0.6) is 0 Å². The molecule has 5 rings (SSSR count). The fourth-order valence-corrected chi connectivity index (χ4v) is 4.48. The zero-order chi connectivity index (χ0) is 20.8. The lowest BCUT2D eigenvalue weighted by Gasteiger charge is -2.16. The van der Waals surface area contributed by atoms with E-state index in [-0.39, 0.29) is 36.2 Å². The van der Waals surface area contributed by atoms with Gasteiger partial charge in [0.05, 0.1) is 11.4 Å². The summed E-state index contributed by atoms with van der Waals surface area (Å²) in [6.45, 7) is 0.244. The molecule has 1 aromatic heterocycles. The van der Waals surface area contributed by atoms with Crippen LogP contribution < -0.4 is 15.8 Å². The van der Waals surface area contributed by atoms with Crippen LogP contribution in [-0.4, -0.2) is 23.3 Å². The van der Waals surface area contributed by atoms with Gasteiger partial charge in [0.15, 0.2) is 0 Å². The van der Waals surface area contributed by atoms with Gasteiger partial charge < -0.3 is 15.2 Å². The summed E-state index contributed by atoms with van der Waals surface area (Å²) in [4.78, 5) is 41.8. The normalized spacial score (nSPS) is 18.1. The number of rotatable bonds is 3. The molecule has 1 aliphatic heterocycles. The molecule has 2 aromatic carbocycles. The number of fused-ring (bicyclic) bond motifs is 3. The largest absolute Gasteiger partial charge is 0.326 e. The molecule has 152 valence electrons. The zero-order valence-electron chi connectivity index (χ0n) is 16.2. The number of carbonyl (C=O) groups is 2. The zero-order valence-corrected chi connectivity index (χ0v) is 16.2. The van der Waals surface area contributed by atoms with Crippen molar-refractivity contribution < 1.29 is 14.0 Å². The molecule has 1 aliphatic carbocycles. The number of nitrogens with zero attached hydrogens (tertiary/aromatic N) is 1. The Morgan fingerprint density at radius 3 is 2.63 bits per heavy atom. The molecule has 2 heterocycles. The first-order valence-electron chi connectivity index (χ1n) is 10.0. The van der Waals surface area contributed by atoms with Crippen LogP contribution in [0.2, 0.25) is 0 Å². The number of nitrogens with one attached hydrogen (secondary N) is 2. The van der Waals surface area contributed by atoms with E-state index in [2.05, 4.69) is 10.3 Å². The number of hydrogen-bond donors (Lipinski definition) is 2. The number of H-pyrrole nitrogens is 1. The average molecular weight is 405 g/mol. The number of anilines is 2. The van der Waals surface area contributed by atoms with E-state index in [1.165, 1.54) is 29.2 Å². The van der Waals surface area contributed by atoms with E-state index in [0.717, 1.165) is 35.8 Å². The van der Waals surface area contributed by atoms with Gasteiger partial charge in [0, 0.05) is 35.3 Å². The number of aryl methyl sites for hydroxylation is 1. The van der Waals surface area contributed by atoms with Gasteiger partial charge in [0.2, 0.25) is 11.8 Å². The predicted molar refractivity (Wildman–Crippen MR) is 112 cm³/mol. The van der Waals surface area contributed by atoms with Crippen molar-refractivity contribution in [1.29, 1.82) is 0 Å². The van der Waals surface area contributed by atoms with E-state index in [9.17, 15) is 18.8 Å². The van der Waals surface area contributed by atoms with E-state index in [4.69, 9.17) is 0 Å². The van der Waals surface area contributed by atoms with E-state index in [1.807, 2.05) is 12.1 Å². The molecule has 0 saturated carbocycles. The van der Waals surface area contributed by atoms with Crippen LogP contribution in [0.25, 0.3) is 10.9 Å². The molecule has 1 atom stereocenters. The first-order valence-corrected chi connectivity index (χ1v) is 10.0. The van der Waals surface area contributed by atoms with Gasteiger partial charge in [-0.1, -0.05) is 6.07 Å². The van der Waals surface area contributed by atoms with Crippen molar-refractivity contribution in [2.75, 3.05) is 16.8 Å². The Kier molecular flexibility index (Phi) is 4.38. The van der Waals surface area contributed by atoms with Crippen LogP contribution in [0.15, 0.2) is 47.3 Å². The van der Waals surface area contributed by atoms with Gasteiger partial charge in [-0.05, 0) is 61.2 Å². The van der Waals surface area contributed by atoms with Gasteiger partial charge in [0.25, 0.3) is 5.56 Å². The minimum atomic E-state index is -0.502. The van der Waals surface area contributed by atoms with Crippen LogP contribution >= 0.6 is 0 Å². The number of hydrogen-bond acceptors (Lipinski definition) is 3. The summed E-state index contributed by atoms with van der Waals surface area (Å²) in [5, 5.41) is 3.88. The maximum atomic E-state index is 13.1. The van der Waals surface area contributed by atoms with Gasteiger partial charge in [-0.15, -0.1) is 0 Å². The van der Waals surface area contributed by atoms with Crippen LogP contribution in [0.1, 0.15) is 24.0 Å². The van der Waals surface area contributed by atoms with Crippen molar-refractivity contribution in [3.05, 3.63) is 69.8 Å². The highest BCUT2D eigenvalue weighted by molar-refractivity contribution is 6.04. The molecule has 1 unspecified atom stereocenters. The second-order valence-electron chi connectivity index (χ2n) is 7.90. The van der Waals surface area contributed by atoms with Crippen molar-refractivity contribution in [2.24, 2.45) is 5.92 Å². The summed E-state index contributed by atoms with van der Waals surface area (Å²) >= 11 is 0. The third-order valence-electron chi connectivity index (χ3n) is 5.99. The topological polar surface area (TPSA) is 82.3 Å². The minimum absolute atomic E-state index is 0.0604. The van der Waals surface area contributed by atoms with Gasteiger partial charge in [-0.25, -0.2) is 4.39 Å². The summed E-state index contributed by atoms with van der Waals surface area (Å²) in [5.74, 6) is -1.30. The van der Waals surface area contributed by atoms with Crippen molar-refractivity contribution in [1.82, 2.24) is 4.98 Å². The quantitative estimate of drug-likeness (QED) is 0.702. The predicted octanol–water partition coefficient (Wildman–Crippen LogP) is 3.15. The van der Waals surface area contributed by atoms with Crippen LogP contribution in [0.4, 0.5) is 15.8 Å². The third-order valence-corrected chi connectivity index (χ3v) is 5.99. The van der Waals surface area contributed by atoms with Crippen molar-refractivity contribution >= 4 is 34.1 Å². The SMILES string of the molecule is O=C(Nc1ccc2c3c(c(=O)[nH]c2c1)CCC3)C1CC(=O)N(c2ccc(F)cc2)C1. The molecule has 2 N–H and O–H groups in total. The summed E-state index contributed by atoms with van der Waals surface area (Å²) in [6, 6.07) is 11.2. The molecule has 2 aliphatic rings. The number of aromatic amines is 1. The van der Waals surface area contributed by atoms with Gasteiger partial charge in [-0.3, -0.25) is 14.4 Å². The average Bonchev–Trinajstić information content (AvgIpc) is 3.36. The summed E-state index contributed by atoms with van der Waals surface area (Å²) in [7, 11) is 0. The Bertz CT molecular complexity index is 1230. The molecule has 2 amide bonds. The van der Waals surface area contributed by atoms with E-state index < -0.39 is 5.92 Å². The lowest BCUT2D eigenvalue weighted by atomic mass is 10.0. The van der Waals surface area contributed by atoms with E-state index in [0.29, 0.717) is 16.9 Å². The highest BCUT2D eigenvalue weighted by Crippen LogP contribution is 2.29. The van der Waals surface area contributed by atoms with Gasteiger partial charge in [-0.2, -0.15) is 0 Å². The fraction of sp³-hybridized carbons (Fsp3) is 0.261. The molecular formula is C23H20FN3O3. The maximum Gasteiger partial charge on any atom is 0.251 e. The lowest BCUT2D eigenvalue weighted by Crippen LogP contribution is -2.28. The van der Waals surface area contributed by atoms with Crippen LogP contribution in [0.3, 0.4) is 0 Å². The number of aromatic nitrogens is 1. The summed E-state index contributed by atoms with van der Waals surface area (Å²) in [5.41, 5.74) is 3.76. The number of carbonyl (C=O) groups excluding carboxylic acids is 2. The second kappa shape index (κ2) is 7.09. The summed E-state index contributed by atoms with van der Waals surface area (Å²) < 4.78 is 13.1. The van der Waals surface area contributed by atoms with Crippen LogP contribution in [-0.2, 0) is 22.4 Å². The van der Waals surface area contributed by atoms with Gasteiger partial charge >= 0.3 is 0 Å². The van der Waals surface area contributed by atoms with Crippen molar-refractivity contribution in [3.63, 3.8) is 0 Å². The molecule has 30 heavy (non-hydrogen) atoms. The lowest BCUT2D eigenvalue weighted by molar-refractivity contribution is -0.122. The number of amides is 2. The molecule has 1 fully saturated rings. The Hall–Kier alpha value is -3.48. The Morgan fingerprint density at radius 1 is 1.07 bits per heavy atom. The third kappa shape index (κ3) is 3.16. The highest BCUT2D eigenvalue weighted by Gasteiger charge is 2.35. The van der Waals surface area contributed by atoms with Crippen molar-refractivity contribution in [2.45, 2.75) is 25.7 Å². The molecule has 7 heteroatoms. The highest BCUT2D eigenvalue weighted by atomic mass is 19.1. The molecular weight excluding hydrogens is 385 g/mol. The van der Waals surface area contributed by atoms with Crippen molar-refractivity contribution in [3.8, 4) is 0 Å². The first-order chi connectivity index (χ1) is 14.5. The maximum absolute atomic E-state index is 13.1. The Labute approximate surface area is 171 Å². The molecule has 0 spiro atoms. The fourth-order valence-electron chi connectivity index (χ4n) is 4.48. The molecule has 0 bridgehead atoms. The molecule has 6 nitrogen and oxygen atoms in total. The first kappa shape index (κ1) is 18.5. The minimum Gasteiger partial charge on any atom is -0.326 e. The standard InChI is InChI=1S/C23H20FN3O3/c24-14-4-7-16(8-5-14)27-12-13(10-21(27)28)22(29)25-15-6-9-18-17-2-1-3-19(17)23(30)26-20(18)11-15/h4-9,11,13H,1-3,10,12H2,(H,25,29)(H,26,30). The Balaban J connectivity index is 1.35. The van der Waals surface area contributed by atoms with E-state index in [1.54, 1.807) is 6.07 Å². The Morgan fingerprint density at radius 2 is 1.83 bits per heavy atom. The van der Waals surface area contributed by atoms with Crippen LogP contribution in [0, 0.1) is 11.7 Å². The molecule has 0 radical (unpaired) electrons.